The van der Waals surface area contributed by atoms with E-state index in [0.717, 1.165) is 32.2 Å². The van der Waals surface area contributed by atoms with Crippen LogP contribution in [-0.4, -0.2) is 72.0 Å². The van der Waals surface area contributed by atoms with E-state index in [1.54, 1.807) is 25.8 Å². The standard InChI is InChI=1S/C26H47N3O4/c1-10-19(7)22(16-20(8)26(32)33-11-2)28(9)25(31)23(17(3)4)27-24(30)21-14-12-13-15-29(21)18(5)6/h16-19,21-23H,10-15H2,1-9H3,(H,27,30)/t19-,21?,22+,23-/m0/s1. The number of likely N-dealkylation sites (N-methyl/N-ethyl adjacent to an activating group) is 1. The van der Waals surface area contributed by atoms with Gasteiger partial charge in [0.2, 0.25) is 11.8 Å². The van der Waals surface area contributed by atoms with Gasteiger partial charge in [0.1, 0.15) is 6.04 Å². The van der Waals surface area contributed by atoms with Crippen LogP contribution in [0.4, 0.5) is 0 Å². The van der Waals surface area contributed by atoms with Gasteiger partial charge in [0.05, 0.1) is 18.7 Å². The molecule has 1 saturated heterocycles. The second kappa shape index (κ2) is 13.7. The summed E-state index contributed by atoms with van der Waals surface area (Å²) in [7, 11) is 1.76. The maximum atomic E-state index is 13.6. The van der Waals surface area contributed by atoms with Gasteiger partial charge in [-0.1, -0.05) is 46.6 Å². The number of ether oxygens (including phenoxy) is 1. The summed E-state index contributed by atoms with van der Waals surface area (Å²) in [5.74, 6) is -0.494. The van der Waals surface area contributed by atoms with Crippen LogP contribution in [0.3, 0.4) is 0 Å². The average molecular weight is 466 g/mol. The minimum absolute atomic E-state index is 0.0623. The number of hydrogen-bond acceptors (Lipinski definition) is 5. The zero-order valence-electron chi connectivity index (χ0n) is 22.3. The van der Waals surface area contributed by atoms with Gasteiger partial charge < -0.3 is 15.0 Å². The lowest BCUT2D eigenvalue weighted by atomic mass is 9.93. The number of carbonyl (C=O) groups is 3. The van der Waals surface area contributed by atoms with Gasteiger partial charge >= 0.3 is 5.97 Å². The van der Waals surface area contributed by atoms with Crippen molar-refractivity contribution in [2.45, 2.75) is 105 Å². The Hall–Kier alpha value is -1.89. The van der Waals surface area contributed by atoms with E-state index >= 15 is 0 Å². The molecule has 2 amide bonds. The van der Waals surface area contributed by atoms with Gasteiger partial charge in [-0.15, -0.1) is 0 Å². The third kappa shape index (κ3) is 8.13. The van der Waals surface area contributed by atoms with E-state index in [0.29, 0.717) is 12.2 Å². The van der Waals surface area contributed by atoms with Crippen LogP contribution in [0, 0.1) is 11.8 Å². The number of amides is 2. The average Bonchev–Trinajstić information content (AvgIpc) is 2.79. The Morgan fingerprint density at radius 2 is 1.76 bits per heavy atom. The molecule has 0 spiro atoms. The first-order valence-corrected chi connectivity index (χ1v) is 12.6. The van der Waals surface area contributed by atoms with Crippen molar-refractivity contribution in [2.75, 3.05) is 20.2 Å². The molecule has 7 heteroatoms. The van der Waals surface area contributed by atoms with E-state index in [-0.39, 0.29) is 47.7 Å². The molecule has 1 aliphatic heterocycles. The second-order valence-electron chi connectivity index (χ2n) is 9.97. The molecule has 0 aromatic carbocycles. The van der Waals surface area contributed by atoms with Crippen LogP contribution >= 0.6 is 0 Å². The molecule has 7 nitrogen and oxygen atoms in total. The number of hydrogen-bond donors (Lipinski definition) is 1. The third-order valence-corrected chi connectivity index (χ3v) is 6.78. The van der Waals surface area contributed by atoms with E-state index < -0.39 is 6.04 Å². The van der Waals surface area contributed by atoms with E-state index in [9.17, 15) is 14.4 Å². The molecule has 0 radical (unpaired) electrons. The summed E-state index contributed by atoms with van der Waals surface area (Å²) >= 11 is 0. The maximum absolute atomic E-state index is 13.6. The Kier molecular flexibility index (Phi) is 12.1. The van der Waals surface area contributed by atoms with Crippen molar-refractivity contribution in [3.05, 3.63) is 11.6 Å². The van der Waals surface area contributed by atoms with Crippen LogP contribution in [0.25, 0.3) is 0 Å². The van der Waals surface area contributed by atoms with Crippen molar-refractivity contribution in [3.63, 3.8) is 0 Å². The Labute approximate surface area is 201 Å². The fraction of sp³-hybridized carbons (Fsp3) is 0.808. The normalized spacial score (nSPS) is 20.3. The van der Waals surface area contributed by atoms with Gasteiger partial charge in [-0.2, -0.15) is 0 Å². The molecule has 4 atom stereocenters. The van der Waals surface area contributed by atoms with Crippen molar-refractivity contribution < 1.29 is 19.1 Å². The molecule has 0 saturated carbocycles. The first-order chi connectivity index (χ1) is 15.5. The van der Waals surface area contributed by atoms with Crippen LogP contribution < -0.4 is 5.32 Å². The number of nitrogens with zero attached hydrogens (tertiary/aromatic N) is 2. The van der Waals surface area contributed by atoms with E-state index in [1.165, 1.54) is 0 Å². The highest BCUT2D eigenvalue weighted by molar-refractivity contribution is 5.91. The van der Waals surface area contributed by atoms with Gasteiger partial charge in [-0.05, 0) is 58.9 Å². The molecule has 0 aromatic rings. The van der Waals surface area contributed by atoms with Gasteiger partial charge in [-0.3, -0.25) is 14.5 Å². The number of nitrogens with one attached hydrogen (secondary N) is 1. The largest absolute Gasteiger partial charge is 0.463 e. The third-order valence-electron chi connectivity index (χ3n) is 6.78. The van der Waals surface area contributed by atoms with Crippen LogP contribution in [0.15, 0.2) is 11.6 Å². The molecule has 33 heavy (non-hydrogen) atoms. The predicted molar refractivity (Wildman–Crippen MR) is 133 cm³/mol. The molecule has 0 bridgehead atoms. The van der Waals surface area contributed by atoms with Crippen LogP contribution in [0.5, 0.6) is 0 Å². The summed E-state index contributed by atoms with van der Waals surface area (Å²) in [5.41, 5.74) is 0.488. The second-order valence-corrected chi connectivity index (χ2v) is 9.97. The Bertz CT molecular complexity index is 689. The van der Waals surface area contributed by atoms with Gasteiger partial charge in [0.15, 0.2) is 0 Å². The Balaban J connectivity index is 3.10. The topological polar surface area (TPSA) is 79.0 Å². The van der Waals surface area contributed by atoms with Crippen LogP contribution in [-0.2, 0) is 19.1 Å². The summed E-state index contributed by atoms with van der Waals surface area (Å²) in [6.07, 6.45) is 5.61. The molecular weight excluding hydrogens is 418 g/mol. The molecule has 1 unspecified atom stereocenters. The molecule has 190 valence electrons. The maximum Gasteiger partial charge on any atom is 0.333 e. The minimum Gasteiger partial charge on any atom is -0.463 e. The van der Waals surface area contributed by atoms with Crippen molar-refractivity contribution in [1.82, 2.24) is 15.1 Å². The summed E-state index contributed by atoms with van der Waals surface area (Å²) in [6.45, 7) is 17.0. The van der Waals surface area contributed by atoms with Gasteiger partial charge in [-0.25, -0.2) is 4.79 Å². The molecule has 1 aliphatic rings. The fourth-order valence-corrected chi connectivity index (χ4v) is 4.45. The Morgan fingerprint density at radius 1 is 1.12 bits per heavy atom. The SMILES string of the molecule is CCOC(=O)C(C)=C[C@H]([C@@H](C)CC)N(C)C(=O)[C@@H](NC(=O)C1CCCCN1C(C)C)C(C)C. The molecular formula is C26H47N3O4. The Morgan fingerprint density at radius 3 is 2.27 bits per heavy atom. The van der Waals surface area contributed by atoms with Crippen LogP contribution in [0.1, 0.15) is 81.1 Å². The summed E-state index contributed by atoms with van der Waals surface area (Å²) < 4.78 is 5.12. The number of esters is 1. The number of carbonyl (C=O) groups excluding carboxylic acids is 3. The van der Waals surface area contributed by atoms with Crippen molar-refractivity contribution in [2.24, 2.45) is 11.8 Å². The molecule has 1 N–H and O–H groups in total. The fourth-order valence-electron chi connectivity index (χ4n) is 4.45. The van der Waals surface area contributed by atoms with Crippen molar-refractivity contribution in [3.8, 4) is 0 Å². The zero-order chi connectivity index (χ0) is 25.3. The lowest BCUT2D eigenvalue weighted by Gasteiger charge is -2.39. The zero-order valence-corrected chi connectivity index (χ0v) is 22.3. The highest BCUT2D eigenvalue weighted by Crippen LogP contribution is 2.22. The van der Waals surface area contributed by atoms with Crippen LogP contribution in [0.2, 0.25) is 0 Å². The molecule has 1 fully saturated rings. The molecule has 1 rings (SSSR count). The van der Waals surface area contributed by atoms with E-state index in [4.69, 9.17) is 4.74 Å². The van der Waals surface area contributed by atoms with E-state index in [2.05, 4.69) is 37.9 Å². The number of likely N-dealkylation sites (tertiary alicyclic amines) is 1. The lowest BCUT2D eigenvalue weighted by Crippen LogP contribution is -2.58. The summed E-state index contributed by atoms with van der Waals surface area (Å²) in [5, 5.41) is 3.08. The monoisotopic (exact) mass is 465 g/mol. The van der Waals surface area contributed by atoms with E-state index in [1.807, 2.05) is 19.9 Å². The molecule has 0 aromatic heterocycles. The quantitative estimate of drug-likeness (QED) is 0.371. The smallest absolute Gasteiger partial charge is 0.333 e. The lowest BCUT2D eigenvalue weighted by molar-refractivity contribution is -0.140. The van der Waals surface area contributed by atoms with Gasteiger partial charge in [0, 0.05) is 18.7 Å². The highest BCUT2D eigenvalue weighted by atomic mass is 16.5. The minimum atomic E-state index is -0.624. The number of rotatable bonds is 11. The van der Waals surface area contributed by atoms with Gasteiger partial charge in [0.25, 0.3) is 0 Å². The first kappa shape index (κ1) is 29.1. The predicted octanol–water partition coefficient (Wildman–Crippen LogP) is 3.77. The molecule has 1 heterocycles. The van der Waals surface area contributed by atoms with Crippen molar-refractivity contribution >= 4 is 17.8 Å². The molecule has 0 aliphatic carbocycles. The highest BCUT2D eigenvalue weighted by Gasteiger charge is 2.36. The summed E-state index contributed by atoms with van der Waals surface area (Å²) in [4.78, 5) is 43.0. The van der Waals surface area contributed by atoms with Crippen molar-refractivity contribution in [1.29, 1.82) is 0 Å². The summed E-state index contributed by atoms with van der Waals surface area (Å²) in [6, 6.07) is -0.815. The number of piperidine rings is 1. The first-order valence-electron chi connectivity index (χ1n) is 12.6.